The van der Waals surface area contributed by atoms with Crippen molar-refractivity contribution in [2.24, 2.45) is 0 Å². The highest BCUT2D eigenvalue weighted by Gasteiger charge is 2.43. The topological polar surface area (TPSA) is 58.6 Å². The Bertz CT molecular complexity index is 580. The molecule has 1 aliphatic rings. The van der Waals surface area contributed by atoms with E-state index < -0.39 is 30.6 Å². The van der Waals surface area contributed by atoms with E-state index in [1.807, 2.05) is 0 Å². The number of nitrogens with zero attached hydrogens (tertiary/aromatic N) is 1. The molecule has 1 atom stereocenters. The molecule has 1 fully saturated rings. The summed E-state index contributed by atoms with van der Waals surface area (Å²) in [5.74, 6) is -0.945. The predicted molar refractivity (Wildman–Crippen MR) is 72.6 cm³/mol. The molecule has 0 unspecified atom stereocenters. The third kappa shape index (κ3) is 4.03. The van der Waals surface area contributed by atoms with Crippen molar-refractivity contribution in [2.75, 3.05) is 18.5 Å². The molecule has 1 N–H and O–H groups in total. The minimum Gasteiger partial charge on any atom is -0.447 e. The average Bonchev–Trinajstić information content (AvgIpc) is 2.83. The summed E-state index contributed by atoms with van der Waals surface area (Å²) in [6, 6.07) is 3.58. The van der Waals surface area contributed by atoms with Crippen LogP contribution in [0.25, 0.3) is 0 Å². The molecule has 9 heteroatoms. The summed E-state index contributed by atoms with van der Waals surface area (Å²) in [7, 11) is 0. The molecule has 1 heterocycles. The van der Waals surface area contributed by atoms with Crippen LogP contribution >= 0.6 is 11.6 Å². The number of hydrogen-bond donors (Lipinski definition) is 1. The maximum absolute atomic E-state index is 13.1. The van der Waals surface area contributed by atoms with Gasteiger partial charge in [-0.3, -0.25) is 4.79 Å². The third-order valence-electron chi connectivity index (χ3n) is 3.00. The first-order valence-electron chi connectivity index (χ1n) is 6.33. The molecule has 2 amide bonds. The lowest BCUT2D eigenvalue weighted by atomic mass is 10.1. The van der Waals surface area contributed by atoms with Gasteiger partial charge in [0.1, 0.15) is 12.6 Å². The third-order valence-corrected chi connectivity index (χ3v) is 3.24. The maximum Gasteiger partial charge on any atom is 0.416 e. The summed E-state index contributed by atoms with van der Waals surface area (Å²) in [6.07, 6.45) is -6.50. The van der Waals surface area contributed by atoms with Gasteiger partial charge in [-0.1, -0.05) is 17.7 Å². The molecule has 0 aliphatic carbocycles. The molecule has 1 saturated heterocycles. The molecule has 1 aliphatic heterocycles. The molecule has 5 nitrogen and oxygen atoms in total. The second-order valence-corrected chi connectivity index (χ2v) is 5.05. The molecule has 1 aromatic rings. The monoisotopic (exact) mass is 336 g/mol. The van der Waals surface area contributed by atoms with Gasteiger partial charge in [-0.05, 0) is 18.2 Å². The van der Waals surface area contributed by atoms with E-state index >= 15 is 0 Å². The fourth-order valence-corrected chi connectivity index (χ4v) is 2.12. The molecule has 0 spiro atoms. The van der Waals surface area contributed by atoms with Gasteiger partial charge < -0.3 is 10.1 Å². The first-order chi connectivity index (χ1) is 10.3. The molecule has 120 valence electrons. The number of ether oxygens (including phenoxy) is 1. The quantitative estimate of drug-likeness (QED) is 0.918. The van der Waals surface area contributed by atoms with Gasteiger partial charge in [0, 0.05) is 10.7 Å². The van der Waals surface area contributed by atoms with Gasteiger partial charge in [0.05, 0.1) is 13.0 Å². The zero-order valence-corrected chi connectivity index (χ0v) is 11.9. The van der Waals surface area contributed by atoms with Gasteiger partial charge in [0.15, 0.2) is 0 Å². The van der Waals surface area contributed by atoms with Crippen molar-refractivity contribution >= 4 is 29.3 Å². The zero-order valence-electron chi connectivity index (χ0n) is 11.2. The van der Waals surface area contributed by atoms with E-state index in [0.717, 1.165) is 0 Å². The predicted octanol–water partition coefficient (Wildman–Crippen LogP) is 3.05. The standard InChI is InChI=1S/C13H12ClF3N2O3/c14-8-2-1-3-9(6-8)18-10(13(15,16)17)7-11(20)19-4-5-22-12(19)21/h1-3,6,10,18H,4-5,7H2/t10-/m1/s1. The van der Waals surface area contributed by atoms with E-state index in [9.17, 15) is 22.8 Å². The van der Waals surface area contributed by atoms with Gasteiger partial charge in [0.2, 0.25) is 5.91 Å². The smallest absolute Gasteiger partial charge is 0.416 e. The van der Waals surface area contributed by atoms with Crippen molar-refractivity contribution in [2.45, 2.75) is 18.6 Å². The lowest BCUT2D eigenvalue weighted by Gasteiger charge is -2.23. The summed E-state index contributed by atoms with van der Waals surface area (Å²) in [4.78, 5) is 23.7. The number of anilines is 1. The number of amides is 2. The second kappa shape index (κ2) is 6.43. The van der Waals surface area contributed by atoms with Gasteiger partial charge in [-0.2, -0.15) is 13.2 Å². The highest BCUT2D eigenvalue weighted by Crippen LogP contribution is 2.27. The van der Waals surface area contributed by atoms with Crippen molar-refractivity contribution < 1.29 is 27.5 Å². The molecule has 1 aromatic carbocycles. The largest absolute Gasteiger partial charge is 0.447 e. The van der Waals surface area contributed by atoms with Crippen LogP contribution in [0.3, 0.4) is 0 Å². The van der Waals surface area contributed by atoms with Gasteiger partial charge in [0.25, 0.3) is 0 Å². The zero-order chi connectivity index (χ0) is 16.3. The fraction of sp³-hybridized carbons (Fsp3) is 0.385. The first kappa shape index (κ1) is 16.4. The Hall–Kier alpha value is -1.96. The minimum absolute atomic E-state index is 0.0109. The van der Waals surface area contributed by atoms with Crippen LogP contribution in [-0.2, 0) is 9.53 Å². The number of benzene rings is 1. The molecule has 0 radical (unpaired) electrons. The lowest BCUT2D eigenvalue weighted by molar-refractivity contribution is -0.153. The molecule has 0 saturated carbocycles. The van der Waals surface area contributed by atoms with E-state index in [1.165, 1.54) is 24.3 Å². The summed E-state index contributed by atoms with van der Waals surface area (Å²) < 4.78 is 43.7. The Morgan fingerprint density at radius 1 is 1.45 bits per heavy atom. The summed E-state index contributed by atoms with van der Waals surface area (Å²) in [5.41, 5.74) is 0.131. The fourth-order valence-electron chi connectivity index (χ4n) is 1.93. The average molecular weight is 337 g/mol. The molecular formula is C13H12ClF3N2O3. The number of hydrogen-bond acceptors (Lipinski definition) is 4. The Kier molecular flexibility index (Phi) is 4.80. The number of nitrogens with one attached hydrogen (secondary N) is 1. The van der Waals surface area contributed by atoms with Crippen molar-refractivity contribution in [1.82, 2.24) is 4.90 Å². The molecule has 0 aromatic heterocycles. The van der Waals surface area contributed by atoms with E-state index in [0.29, 0.717) is 4.90 Å². The summed E-state index contributed by atoms with van der Waals surface area (Å²) >= 11 is 5.71. The highest BCUT2D eigenvalue weighted by atomic mass is 35.5. The van der Waals surface area contributed by atoms with Gasteiger partial charge in [-0.25, -0.2) is 9.69 Å². The first-order valence-corrected chi connectivity index (χ1v) is 6.71. The van der Waals surface area contributed by atoms with Crippen LogP contribution in [0.1, 0.15) is 6.42 Å². The van der Waals surface area contributed by atoms with Gasteiger partial charge in [-0.15, -0.1) is 0 Å². The van der Waals surface area contributed by atoms with Crippen molar-refractivity contribution in [1.29, 1.82) is 0 Å². The number of imide groups is 1. The summed E-state index contributed by atoms with van der Waals surface area (Å²) in [6.45, 7) is -0.0532. The number of alkyl halides is 3. The van der Waals surface area contributed by atoms with Crippen LogP contribution in [0, 0.1) is 0 Å². The van der Waals surface area contributed by atoms with E-state index in [4.69, 9.17) is 11.6 Å². The summed E-state index contributed by atoms with van der Waals surface area (Å²) in [5, 5.41) is 2.48. The van der Waals surface area contributed by atoms with E-state index in [2.05, 4.69) is 10.1 Å². The molecular weight excluding hydrogens is 325 g/mol. The van der Waals surface area contributed by atoms with Crippen LogP contribution in [0.4, 0.5) is 23.7 Å². The number of halogens is 4. The number of cyclic esters (lactones) is 1. The SMILES string of the molecule is O=C(C[C@@H](Nc1cccc(Cl)c1)C(F)(F)F)N1CCOC1=O. The molecule has 2 rings (SSSR count). The molecule has 22 heavy (non-hydrogen) atoms. The van der Waals surface area contributed by atoms with Crippen LogP contribution in [0.5, 0.6) is 0 Å². The van der Waals surface area contributed by atoms with Crippen LogP contribution in [0.15, 0.2) is 24.3 Å². The normalized spacial score (nSPS) is 16.4. The molecule has 0 bridgehead atoms. The van der Waals surface area contributed by atoms with Crippen molar-refractivity contribution in [3.8, 4) is 0 Å². The highest BCUT2D eigenvalue weighted by molar-refractivity contribution is 6.30. The Balaban J connectivity index is 2.10. The van der Waals surface area contributed by atoms with Crippen LogP contribution in [0.2, 0.25) is 5.02 Å². The van der Waals surface area contributed by atoms with E-state index in [1.54, 1.807) is 0 Å². The van der Waals surface area contributed by atoms with Gasteiger partial charge >= 0.3 is 12.3 Å². The minimum atomic E-state index is -4.67. The van der Waals surface area contributed by atoms with Crippen molar-refractivity contribution in [3.63, 3.8) is 0 Å². The Morgan fingerprint density at radius 2 is 2.18 bits per heavy atom. The van der Waals surface area contributed by atoms with Crippen molar-refractivity contribution in [3.05, 3.63) is 29.3 Å². The number of carbonyl (C=O) groups excluding carboxylic acids is 2. The lowest BCUT2D eigenvalue weighted by Crippen LogP contribution is -2.42. The number of carbonyl (C=O) groups is 2. The Labute approximate surface area is 129 Å². The second-order valence-electron chi connectivity index (χ2n) is 4.61. The van der Waals surface area contributed by atoms with Crippen LogP contribution in [-0.4, -0.2) is 42.3 Å². The van der Waals surface area contributed by atoms with E-state index in [-0.39, 0.29) is 23.9 Å². The Morgan fingerprint density at radius 3 is 2.73 bits per heavy atom. The maximum atomic E-state index is 13.1. The number of rotatable bonds is 4. The van der Waals surface area contributed by atoms with Crippen LogP contribution < -0.4 is 5.32 Å².